The molecule has 9 nitrogen and oxygen atoms in total. The Labute approximate surface area is 233 Å². The van der Waals surface area contributed by atoms with E-state index in [9.17, 15) is 35.1 Å². The molecule has 0 aromatic rings. The highest BCUT2D eigenvalue weighted by Crippen LogP contribution is 2.27. The summed E-state index contributed by atoms with van der Waals surface area (Å²) in [5.41, 5.74) is -0.706. The van der Waals surface area contributed by atoms with Gasteiger partial charge in [-0.05, 0) is 57.1 Å². The molecule has 224 valence electrons. The van der Waals surface area contributed by atoms with Crippen molar-refractivity contribution in [3.63, 3.8) is 0 Å². The second-order valence-electron chi connectivity index (χ2n) is 11.3. The third kappa shape index (κ3) is 11.9. The molecule has 10 atom stereocenters. The van der Waals surface area contributed by atoms with Crippen molar-refractivity contribution in [3.05, 3.63) is 36.0 Å². The lowest BCUT2D eigenvalue weighted by Gasteiger charge is -2.32. The van der Waals surface area contributed by atoms with Crippen LogP contribution in [-0.4, -0.2) is 79.7 Å². The molecule has 5 N–H and O–H groups in total. The molecular weight excluding hydrogens is 504 g/mol. The molecule has 0 aromatic heterocycles. The zero-order valence-electron chi connectivity index (χ0n) is 24.5. The third-order valence-corrected chi connectivity index (χ3v) is 7.44. The van der Waals surface area contributed by atoms with E-state index in [-0.39, 0.29) is 31.1 Å². The van der Waals surface area contributed by atoms with Crippen molar-refractivity contribution in [1.29, 1.82) is 0 Å². The summed E-state index contributed by atoms with van der Waals surface area (Å²) in [7, 11) is 0. The topological polar surface area (TPSA) is 154 Å². The first-order chi connectivity index (χ1) is 18.1. The van der Waals surface area contributed by atoms with Crippen LogP contribution < -0.4 is 0 Å². The first kappa shape index (κ1) is 35.0. The van der Waals surface area contributed by atoms with Crippen LogP contribution in [0.2, 0.25) is 0 Å². The molecule has 1 aliphatic heterocycles. The van der Waals surface area contributed by atoms with Crippen molar-refractivity contribution in [2.24, 2.45) is 17.8 Å². The van der Waals surface area contributed by atoms with Crippen LogP contribution in [0.15, 0.2) is 36.0 Å². The van der Waals surface area contributed by atoms with Gasteiger partial charge in [0.25, 0.3) is 0 Å². The van der Waals surface area contributed by atoms with E-state index in [0.717, 1.165) is 5.57 Å². The van der Waals surface area contributed by atoms with Gasteiger partial charge >= 0.3 is 11.9 Å². The number of rotatable bonds is 10. The maximum absolute atomic E-state index is 12.6. The van der Waals surface area contributed by atoms with Gasteiger partial charge in [-0.25, -0.2) is 0 Å². The van der Waals surface area contributed by atoms with Gasteiger partial charge in [0.2, 0.25) is 0 Å². The zero-order valence-corrected chi connectivity index (χ0v) is 24.5. The van der Waals surface area contributed by atoms with Crippen LogP contribution in [0.25, 0.3) is 0 Å². The normalized spacial score (nSPS) is 32.2. The number of esters is 2. The molecule has 1 rings (SSSR count). The minimum atomic E-state index is -1.43. The molecule has 39 heavy (non-hydrogen) atoms. The maximum Gasteiger partial charge on any atom is 0.309 e. The second-order valence-corrected chi connectivity index (χ2v) is 11.3. The standard InChI is InChI=1S/C30H50O9/c1-8-24(33)21(5)28(36)25(34)16-18(2)10-9-11-19(3)29-20(4)12-13-26(38-22(6)31)30(7,37)15-14-23(32)17-27(35)39-29/h9-13,18,20-21,23-26,28-29,32-34,36-37H,8,14-17H2,1-7H3/b10-9+,13-12+,19-11+/t18-,20-,21-,23-,24-,25+,26-,28-,29+,30+/m0/s1. The second kappa shape index (κ2) is 16.3. The van der Waals surface area contributed by atoms with Gasteiger partial charge in [-0.1, -0.05) is 52.0 Å². The van der Waals surface area contributed by atoms with E-state index in [2.05, 4.69) is 0 Å². The third-order valence-electron chi connectivity index (χ3n) is 7.44. The minimum Gasteiger partial charge on any atom is -0.457 e. The minimum absolute atomic E-state index is 0.0808. The largest absolute Gasteiger partial charge is 0.457 e. The molecular formula is C30H50O9. The van der Waals surface area contributed by atoms with Crippen LogP contribution in [0.1, 0.15) is 80.6 Å². The van der Waals surface area contributed by atoms with Crippen molar-refractivity contribution in [2.45, 2.75) is 123 Å². The van der Waals surface area contributed by atoms with Crippen LogP contribution in [0.4, 0.5) is 0 Å². The number of hydrogen-bond acceptors (Lipinski definition) is 9. The van der Waals surface area contributed by atoms with Crippen LogP contribution in [0, 0.1) is 17.8 Å². The van der Waals surface area contributed by atoms with Crippen LogP contribution in [0.3, 0.4) is 0 Å². The van der Waals surface area contributed by atoms with E-state index in [0.29, 0.717) is 12.8 Å². The Bertz CT molecular complexity index is 862. The molecule has 1 aliphatic rings. The van der Waals surface area contributed by atoms with E-state index in [1.165, 1.54) is 13.8 Å². The van der Waals surface area contributed by atoms with Gasteiger partial charge in [0.05, 0.1) is 30.8 Å². The molecule has 0 amide bonds. The number of aliphatic hydroxyl groups is 5. The highest BCUT2D eigenvalue weighted by Gasteiger charge is 2.35. The van der Waals surface area contributed by atoms with E-state index in [4.69, 9.17) is 9.47 Å². The maximum atomic E-state index is 12.6. The summed E-state index contributed by atoms with van der Waals surface area (Å²) in [5.74, 6) is -1.98. The average Bonchev–Trinajstić information content (AvgIpc) is 2.85. The van der Waals surface area contributed by atoms with Gasteiger partial charge in [-0.3, -0.25) is 9.59 Å². The lowest BCUT2D eigenvalue weighted by molar-refractivity contribution is -0.157. The molecule has 0 saturated heterocycles. The van der Waals surface area contributed by atoms with Gasteiger partial charge in [-0.15, -0.1) is 0 Å². The molecule has 0 spiro atoms. The Morgan fingerprint density at radius 1 is 1.21 bits per heavy atom. The lowest BCUT2D eigenvalue weighted by atomic mass is 9.88. The number of carbonyl (C=O) groups excluding carboxylic acids is 2. The van der Waals surface area contributed by atoms with Crippen LogP contribution in [-0.2, 0) is 19.1 Å². The summed E-state index contributed by atoms with van der Waals surface area (Å²) in [6.45, 7) is 11.9. The summed E-state index contributed by atoms with van der Waals surface area (Å²) in [4.78, 5) is 24.2. The zero-order chi connectivity index (χ0) is 29.9. The Morgan fingerprint density at radius 2 is 1.85 bits per heavy atom. The number of ether oxygens (including phenoxy) is 2. The van der Waals surface area contributed by atoms with E-state index < -0.39 is 60.1 Å². The first-order valence-electron chi connectivity index (χ1n) is 13.9. The van der Waals surface area contributed by atoms with Gasteiger partial charge in [-0.2, -0.15) is 0 Å². The smallest absolute Gasteiger partial charge is 0.309 e. The summed E-state index contributed by atoms with van der Waals surface area (Å²) in [6, 6.07) is 0. The van der Waals surface area contributed by atoms with Crippen molar-refractivity contribution >= 4 is 11.9 Å². The van der Waals surface area contributed by atoms with Crippen molar-refractivity contribution in [2.75, 3.05) is 0 Å². The number of aliphatic hydroxyl groups excluding tert-OH is 4. The van der Waals surface area contributed by atoms with Gasteiger partial charge in [0.15, 0.2) is 0 Å². The first-order valence-corrected chi connectivity index (χ1v) is 13.9. The fourth-order valence-corrected chi connectivity index (χ4v) is 4.67. The van der Waals surface area contributed by atoms with Crippen molar-refractivity contribution in [1.82, 2.24) is 0 Å². The van der Waals surface area contributed by atoms with Crippen LogP contribution in [0.5, 0.6) is 0 Å². The fraction of sp³-hybridized carbons (Fsp3) is 0.733. The summed E-state index contributed by atoms with van der Waals surface area (Å²) in [6.07, 6.45) is 4.27. The average molecular weight is 555 g/mol. The van der Waals surface area contributed by atoms with Gasteiger partial charge in [0.1, 0.15) is 17.8 Å². The van der Waals surface area contributed by atoms with Crippen LogP contribution >= 0.6 is 0 Å². The molecule has 0 aliphatic carbocycles. The highest BCUT2D eigenvalue weighted by molar-refractivity contribution is 5.70. The molecule has 0 unspecified atom stereocenters. The summed E-state index contributed by atoms with van der Waals surface area (Å²) in [5, 5.41) is 52.0. The van der Waals surface area contributed by atoms with Crippen molar-refractivity contribution < 1.29 is 44.6 Å². The molecule has 0 bridgehead atoms. The predicted octanol–water partition coefficient (Wildman–Crippen LogP) is 2.98. The van der Waals surface area contributed by atoms with Gasteiger partial charge < -0.3 is 35.0 Å². The number of hydrogen-bond donors (Lipinski definition) is 5. The molecule has 0 saturated carbocycles. The van der Waals surface area contributed by atoms with E-state index in [1.54, 1.807) is 31.2 Å². The Kier molecular flexibility index (Phi) is 14.6. The number of carbonyl (C=O) groups is 2. The number of allylic oxidation sites excluding steroid dienone is 3. The Balaban J connectivity index is 3.07. The SMILES string of the molecule is CC[C@H](O)[C@H](C)[C@H](O)[C@H](O)C[C@@H](C)/C=C/C=C(\C)[C@H]1OC(=O)C[C@@H](O)CC[C@@](C)(O)[C@@H](OC(C)=O)/C=C/[C@@H]1C. The monoisotopic (exact) mass is 554 g/mol. The molecule has 0 radical (unpaired) electrons. The van der Waals surface area contributed by atoms with Crippen molar-refractivity contribution in [3.8, 4) is 0 Å². The quantitative estimate of drug-likeness (QED) is 0.156. The Hall–Kier alpha value is -2.04. The lowest BCUT2D eigenvalue weighted by Crippen LogP contribution is -2.42. The molecule has 1 heterocycles. The Morgan fingerprint density at radius 3 is 2.44 bits per heavy atom. The number of cyclic esters (lactones) is 1. The van der Waals surface area contributed by atoms with Gasteiger partial charge in [0, 0.05) is 18.8 Å². The highest BCUT2D eigenvalue weighted by atomic mass is 16.6. The summed E-state index contributed by atoms with van der Waals surface area (Å²) >= 11 is 0. The predicted molar refractivity (Wildman–Crippen MR) is 148 cm³/mol. The molecule has 9 heteroatoms. The molecule has 0 aromatic carbocycles. The van der Waals surface area contributed by atoms with E-state index in [1.807, 2.05) is 33.8 Å². The van der Waals surface area contributed by atoms with E-state index >= 15 is 0 Å². The molecule has 0 fully saturated rings. The fourth-order valence-electron chi connectivity index (χ4n) is 4.67. The summed E-state index contributed by atoms with van der Waals surface area (Å²) < 4.78 is 11.1.